The third-order valence-electron chi connectivity index (χ3n) is 2.56. The molecule has 0 bridgehead atoms. The number of thiazole rings is 1. The number of nitrogens with one attached hydrogen (secondary N) is 1. The summed E-state index contributed by atoms with van der Waals surface area (Å²) in [6.07, 6.45) is -0.0122. The van der Waals surface area contributed by atoms with E-state index in [0.29, 0.717) is 11.7 Å². The van der Waals surface area contributed by atoms with Crippen molar-refractivity contribution in [3.8, 4) is 0 Å². The van der Waals surface area contributed by atoms with E-state index in [2.05, 4.69) is 10.3 Å². The van der Waals surface area contributed by atoms with Crippen molar-refractivity contribution in [1.82, 2.24) is 4.98 Å². The van der Waals surface area contributed by atoms with Gasteiger partial charge < -0.3 is 10.4 Å². The van der Waals surface area contributed by atoms with Crippen LogP contribution in [0.3, 0.4) is 0 Å². The Labute approximate surface area is 113 Å². The molecule has 1 aromatic carbocycles. The highest BCUT2D eigenvalue weighted by Crippen LogP contribution is 2.23. The number of nitrogens with zero attached hydrogens (tertiary/aromatic N) is 1. The summed E-state index contributed by atoms with van der Waals surface area (Å²) in [4.78, 5) is 15.7. The molecule has 2 N–H and O–H groups in total. The molecule has 0 saturated heterocycles. The Balaban J connectivity index is 1.99. The second-order valence-electron chi connectivity index (χ2n) is 4.08. The second kappa shape index (κ2) is 5.79. The molecule has 0 atom stereocenters. The number of aromatic nitrogens is 1. The van der Waals surface area contributed by atoms with Crippen molar-refractivity contribution in [2.45, 2.75) is 19.9 Å². The number of hydrogen-bond acceptors (Lipinski definition) is 4. The van der Waals surface area contributed by atoms with Gasteiger partial charge in [-0.15, -0.1) is 11.3 Å². The molecule has 0 aliphatic heterocycles. The lowest BCUT2D eigenvalue weighted by atomic mass is 10.2. The molecule has 0 aliphatic rings. The lowest BCUT2D eigenvalue weighted by Gasteiger charge is -2.02. The number of halogens is 1. The maximum atomic E-state index is 12.7. The summed E-state index contributed by atoms with van der Waals surface area (Å²) >= 11 is 1.33. The third kappa shape index (κ3) is 3.75. The van der Waals surface area contributed by atoms with E-state index in [4.69, 9.17) is 5.11 Å². The molecule has 2 aromatic rings. The predicted molar refractivity (Wildman–Crippen MR) is 71.9 cm³/mol. The number of benzene rings is 1. The molecule has 100 valence electrons. The first-order valence-corrected chi connectivity index (χ1v) is 6.52. The Morgan fingerprint density at radius 1 is 1.42 bits per heavy atom. The van der Waals surface area contributed by atoms with Crippen molar-refractivity contribution in [2.24, 2.45) is 0 Å². The van der Waals surface area contributed by atoms with Gasteiger partial charge in [-0.3, -0.25) is 4.79 Å². The number of carboxylic acid groups (broad SMARTS) is 1. The molecular formula is C13H13FN2O2S. The molecule has 0 spiro atoms. The van der Waals surface area contributed by atoms with E-state index in [1.807, 2.05) is 0 Å². The third-order valence-corrected chi connectivity index (χ3v) is 3.68. The van der Waals surface area contributed by atoms with E-state index in [9.17, 15) is 9.18 Å². The first-order chi connectivity index (χ1) is 9.04. The molecular weight excluding hydrogens is 267 g/mol. The van der Waals surface area contributed by atoms with Crippen LogP contribution in [-0.2, 0) is 17.8 Å². The molecule has 2 rings (SSSR count). The fourth-order valence-electron chi connectivity index (χ4n) is 1.58. The van der Waals surface area contributed by atoms with Gasteiger partial charge in [-0.2, -0.15) is 0 Å². The number of aryl methyl sites for hydroxylation is 1. The molecule has 19 heavy (non-hydrogen) atoms. The van der Waals surface area contributed by atoms with Crippen molar-refractivity contribution in [1.29, 1.82) is 0 Å². The van der Waals surface area contributed by atoms with Crippen molar-refractivity contribution < 1.29 is 14.3 Å². The van der Waals surface area contributed by atoms with Gasteiger partial charge in [0.05, 0.1) is 12.1 Å². The van der Waals surface area contributed by atoms with Crippen LogP contribution < -0.4 is 5.32 Å². The van der Waals surface area contributed by atoms with Crippen molar-refractivity contribution in [2.75, 3.05) is 5.32 Å². The Hall–Kier alpha value is -1.95. The fraction of sp³-hybridized carbons (Fsp3) is 0.231. The summed E-state index contributed by atoms with van der Waals surface area (Å²) in [6.45, 7) is 2.32. The van der Waals surface area contributed by atoms with Crippen LogP contribution in [-0.4, -0.2) is 16.1 Å². The summed E-state index contributed by atoms with van der Waals surface area (Å²) in [7, 11) is 0. The summed E-state index contributed by atoms with van der Waals surface area (Å²) < 4.78 is 12.7. The van der Waals surface area contributed by atoms with E-state index in [1.54, 1.807) is 19.1 Å². The Kier molecular flexibility index (Phi) is 4.11. The lowest BCUT2D eigenvalue weighted by Crippen LogP contribution is -1.99. The van der Waals surface area contributed by atoms with Gasteiger partial charge in [-0.1, -0.05) is 12.1 Å². The van der Waals surface area contributed by atoms with Gasteiger partial charge in [0.1, 0.15) is 5.82 Å². The minimum atomic E-state index is -0.864. The number of anilines is 1. The lowest BCUT2D eigenvalue weighted by molar-refractivity contribution is -0.136. The van der Waals surface area contributed by atoms with Gasteiger partial charge >= 0.3 is 5.97 Å². The van der Waals surface area contributed by atoms with Crippen molar-refractivity contribution >= 4 is 22.4 Å². The molecule has 0 fully saturated rings. The van der Waals surface area contributed by atoms with E-state index in [-0.39, 0.29) is 12.2 Å². The number of carbonyl (C=O) groups is 1. The molecule has 0 radical (unpaired) electrons. The van der Waals surface area contributed by atoms with Crippen molar-refractivity contribution in [3.63, 3.8) is 0 Å². The SMILES string of the molecule is Cc1nc(NCc2ccc(F)cc2)sc1CC(=O)O. The van der Waals surface area contributed by atoms with Gasteiger partial charge in [0.15, 0.2) is 5.13 Å². The zero-order valence-corrected chi connectivity index (χ0v) is 11.1. The summed E-state index contributed by atoms with van der Waals surface area (Å²) in [5.74, 6) is -1.13. The van der Waals surface area contributed by atoms with E-state index in [0.717, 1.165) is 16.1 Å². The molecule has 6 heteroatoms. The average molecular weight is 280 g/mol. The van der Waals surface area contributed by atoms with E-state index < -0.39 is 5.97 Å². The molecule has 0 amide bonds. The normalized spacial score (nSPS) is 10.4. The summed E-state index contributed by atoms with van der Waals surface area (Å²) in [5, 5.41) is 12.5. The topological polar surface area (TPSA) is 62.2 Å². The molecule has 0 unspecified atom stereocenters. The van der Waals surface area contributed by atoms with Crippen molar-refractivity contribution in [3.05, 3.63) is 46.2 Å². The quantitative estimate of drug-likeness (QED) is 0.884. The van der Waals surface area contributed by atoms with Gasteiger partial charge in [-0.25, -0.2) is 9.37 Å². The highest BCUT2D eigenvalue weighted by atomic mass is 32.1. The molecule has 1 heterocycles. The van der Waals surface area contributed by atoms with Crippen LogP contribution in [0.15, 0.2) is 24.3 Å². The van der Waals surface area contributed by atoms with Crippen LogP contribution in [0.1, 0.15) is 16.1 Å². The van der Waals surface area contributed by atoms with E-state index in [1.165, 1.54) is 23.5 Å². The van der Waals surface area contributed by atoms with Crippen LogP contribution in [0.5, 0.6) is 0 Å². The first-order valence-electron chi connectivity index (χ1n) is 5.71. The summed E-state index contributed by atoms with van der Waals surface area (Å²) in [5.41, 5.74) is 1.67. The maximum Gasteiger partial charge on any atom is 0.308 e. The van der Waals surface area contributed by atoms with Crippen LogP contribution >= 0.6 is 11.3 Å². The Bertz CT molecular complexity index is 581. The first kappa shape index (κ1) is 13.5. The highest BCUT2D eigenvalue weighted by Gasteiger charge is 2.10. The molecule has 0 aliphatic carbocycles. The van der Waals surface area contributed by atoms with Crippen LogP contribution in [0.25, 0.3) is 0 Å². The number of rotatable bonds is 5. The molecule has 4 nitrogen and oxygen atoms in total. The number of aliphatic carboxylic acids is 1. The van der Waals surface area contributed by atoms with Crippen LogP contribution in [0.4, 0.5) is 9.52 Å². The minimum absolute atomic E-state index is 0.0122. The zero-order chi connectivity index (χ0) is 13.8. The monoisotopic (exact) mass is 280 g/mol. The van der Waals surface area contributed by atoms with Gasteiger partial charge in [0.25, 0.3) is 0 Å². The number of hydrogen-bond donors (Lipinski definition) is 2. The van der Waals surface area contributed by atoms with Crippen LogP contribution in [0.2, 0.25) is 0 Å². The maximum absolute atomic E-state index is 12.7. The molecule has 1 aromatic heterocycles. The Morgan fingerprint density at radius 3 is 2.74 bits per heavy atom. The minimum Gasteiger partial charge on any atom is -0.481 e. The zero-order valence-electron chi connectivity index (χ0n) is 10.3. The van der Waals surface area contributed by atoms with E-state index >= 15 is 0 Å². The van der Waals surface area contributed by atoms with Crippen LogP contribution in [0, 0.1) is 12.7 Å². The Morgan fingerprint density at radius 2 is 2.11 bits per heavy atom. The average Bonchev–Trinajstić information content (AvgIpc) is 2.69. The van der Waals surface area contributed by atoms with Gasteiger partial charge in [0, 0.05) is 11.4 Å². The van der Waals surface area contributed by atoms with Gasteiger partial charge in [0.2, 0.25) is 0 Å². The smallest absolute Gasteiger partial charge is 0.308 e. The largest absolute Gasteiger partial charge is 0.481 e. The predicted octanol–water partition coefficient (Wildman–Crippen LogP) is 2.83. The fourth-order valence-corrected chi connectivity index (χ4v) is 2.53. The molecule has 0 saturated carbocycles. The summed E-state index contributed by atoms with van der Waals surface area (Å²) in [6, 6.07) is 6.20. The van der Waals surface area contributed by atoms with Gasteiger partial charge in [-0.05, 0) is 24.6 Å². The highest BCUT2D eigenvalue weighted by molar-refractivity contribution is 7.15. The standard InChI is InChI=1S/C13H13FN2O2S/c1-8-11(6-12(17)18)19-13(16-8)15-7-9-2-4-10(14)5-3-9/h2-5H,6-7H2,1H3,(H,15,16)(H,17,18). The number of carboxylic acids is 1. The second-order valence-corrected chi connectivity index (χ2v) is 5.16.